The molecule has 0 aliphatic rings. The van der Waals surface area contributed by atoms with Gasteiger partial charge in [0.15, 0.2) is 0 Å². The number of nitrogens with zero attached hydrogens (tertiary/aromatic N) is 3. The number of rotatable bonds is 3. The second-order valence-electron chi connectivity index (χ2n) is 8.32. The first kappa shape index (κ1) is 19.2. The molecule has 0 unspecified atom stereocenters. The molecule has 0 radical (unpaired) electrons. The molecule has 0 aliphatic heterocycles. The molecule has 0 spiro atoms. The fourth-order valence-corrected chi connectivity index (χ4v) is 5.96. The second kappa shape index (κ2) is 7.65. The Labute approximate surface area is 200 Å². The smallest absolute Gasteiger partial charge is 0.146 e. The third-order valence-electron chi connectivity index (χ3n) is 6.26. The minimum atomic E-state index is 0.948. The lowest BCUT2D eigenvalue weighted by molar-refractivity contribution is 1.13. The molecule has 0 saturated carbocycles. The van der Waals surface area contributed by atoms with Crippen molar-refractivity contribution in [2.75, 3.05) is 0 Å². The molecule has 4 aromatic heterocycles. The lowest BCUT2D eigenvalue weighted by atomic mass is 10.1. The van der Waals surface area contributed by atoms with Gasteiger partial charge in [0, 0.05) is 38.2 Å². The van der Waals surface area contributed by atoms with E-state index in [1.807, 2.05) is 35.7 Å². The maximum Gasteiger partial charge on any atom is 0.146 e. The van der Waals surface area contributed by atoms with E-state index in [1.54, 1.807) is 0 Å². The van der Waals surface area contributed by atoms with Crippen LogP contribution in [0.5, 0.6) is 0 Å². The summed E-state index contributed by atoms with van der Waals surface area (Å²) in [5.74, 6) is 0. The maximum atomic E-state index is 5.06. The van der Waals surface area contributed by atoms with Crippen molar-refractivity contribution in [3.63, 3.8) is 0 Å². The van der Waals surface area contributed by atoms with Crippen LogP contribution in [0.3, 0.4) is 0 Å². The van der Waals surface area contributed by atoms with E-state index in [1.165, 1.54) is 25.7 Å². The SMILES string of the molecule is c1ccc(-c2cc(-n3c4ncccc4c4c5ccccc5sc43)cc(-c3ccccc3)n2)cc1. The molecule has 0 fully saturated rings. The van der Waals surface area contributed by atoms with Crippen LogP contribution in [0, 0.1) is 0 Å². The summed E-state index contributed by atoms with van der Waals surface area (Å²) >= 11 is 1.81. The highest BCUT2D eigenvalue weighted by Crippen LogP contribution is 2.42. The van der Waals surface area contributed by atoms with Gasteiger partial charge in [-0.05, 0) is 30.3 Å². The van der Waals surface area contributed by atoms with Crippen LogP contribution in [0.1, 0.15) is 0 Å². The molecule has 3 nitrogen and oxygen atoms in total. The van der Waals surface area contributed by atoms with Crippen molar-refractivity contribution in [1.82, 2.24) is 14.5 Å². The predicted molar refractivity (Wildman–Crippen MR) is 143 cm³/mol. The Bertz CT molecular complexity index is 1740. The van der Waals surface area contributed by atoms with E-state index in [9.17, 15) is 0 Å². The average Bonchev–Trinajstić information content (AvgIpc) is 3.44. The van der Waals surface area contributed by atoms with Crippen molar-refractivity contribution >= 4 is 42.7 Å². The first-order valence-electron chi connectivity index (χ1n) is 11.3. The fourth-order valence-electron chi connectivity index (χ4n) is 4.72. The molecule has 3 aromatic carbocycles. The van der Waals surface area contributed by atoms with Gasteiger partial charge in [-0.3, -0.25) is 4.57 Å². The Morgan fingerprint density at radius 3 is 1.94 bits per heavy atom. The van der Waals surface area contributed by atoms with Crippen LogP contribution >= 0.6 is 11.3 Å². The van der Waals surface area contributed by atoms with Crippen LogP contribution < -0.4 is 0 Å². The molecule has 0 saturated heterocycles. The lowest BCUT2D eigenvalue weighted by Crippen LogP contribution is -1.98. The predicted octanol–water partition coefficient (Wildman–Crippen LogP) is 8.12. The summed E-state index contributed by atoms with van der Waals surface area (Å²) in [4.78, 5) is 11.1. The largest absolute Gasteiger partial charge is 0.285 e. The van der Waals surface area contributed by atoms with E-state index in [2.05, 4.69) is 95.6 Å². The number of aromatic nitrogens is 3. The second-order valence-corrected chi connectivity index (χ2v) is 9.35. The van der Waals surface area contributed by atoms with Crippen LogP contribution in [0.2, 0.25) is 0 Å². The van der Waals surface area contributed by atoms with Gasteiger partial charge in [-0.1, -0.05) is 78.9 Å². The molecule has 0 N–H and O–H groups in total. The first-order chi connectivity index (χ1) is 16.9. The van der Waals surface area contributed by atoms with Gasteiger partial charge in [-0.15, -0.1) is 11.3 Å². The Morgan fingerprint density at radius 1 is 0.618 bits per heavy atom. The van der Waals surface area contributed by atoms with Gasteiger partial charge in [0.1, 0.15) is 10.5 Å². The molecule has 0 atom stereocenters. The van der Waals surface area contributed by atoms with Crippen molar-refractivity contribution in [1.29, 1.82) is 0 Å². The third-order valence-corrected chi connectivity index (χ3v) is 7.41. The van der Waals surface area contributed by atoms with Gasteiger partial charge in [0.05, 0.1) is 17.1 Å². The highest BCUT2D eigenvalue weighted by molar-refractivity contribution is 7.25. The van der Waals surface area contributed by atoms with Crippen LogP contribution in [-0.2, 0) is 0 Å². The van der Waals surface area contributed by atoms with Crippen LogP contribution in [0.15, 0.2) is 115 Å². The third kappa shape index (κ3) is 2.96. The van der Waals surface area contributed by atoms with E-state index in [-0.39, 0.29) is 0 Å². The summed E-state index contributed by atoms with van der Waals surface area (Å²) in [6, 6.07) is 38.0. The molecule has 7 aromatic rings. The molecular weight excluding hydrogens is 434 g/mol. The van der Waals surface area contributed by atoms with Gasteiger partial charge < -0.3 is 0 Å². The molecule has 0 aliphatic carbocycles. The number of benzene rings is 3. The standard InChI is InChI=1S/C30H19N3S/c1-3-10-20(11-4-1)25-18-22(19-26(32-25)21-12-5-2-6-13-21)33-29-24(15-9-17-31-29)28-23-14-7-8-16-27(23)34-30(28)33/h1-19H. The summed E-state index contributed by atoms with van der Waals surface area (Å²) in [6.45, 7) is 0. The minimum absolute atomic E-state index is 0.948. The summed E-state index contributed by atoms with van der Waals surface area (Å²) in [5, 5.41) is 3.72. The van der Waals surface area contributed by atoms with Gasteiger partial charge in [0.2, 0.25) is 0 Å². The quantitative estimate of drug-likeness (QED) is 0.270. The lowest BCUT2D eigenvalue weighted by Gasteiger charge is -2.12. The van der Waals surface area contributed by atoms with Gasteiger partial charge in [-0.25, -0.2) is 9.97 Å². The topological polar surface area (TPSA) is 30.7 Å². The number of thiophene rings is 1. The zero-order chi connectivity index (χ0) is 22.5. The zero-order valence-corrected chi connectivity index (χ0v) is 19.0. The van der Waals surface area contributed by atoms with Gasteiger partial charge in [-0.2, -0.15) is 0 Å². The molecule has 4 heterocycles. The average molecular weight is 454 g/mol. The van der Waals surface area contributed by atoms with Crippen LogP contribution in [0.25, 0.3) is 59.5 Å². The first-order valence-corrected chi connectivity index (χ1v) is 12.1. The zero-order valence-electron chi connectivity index (χ0n) is 18.2. The van der Waals surface area contributed by atoms with Crippen molar-refractivity contribution in [2.24, 2.45) is 0 Å². The Kier molecular flexibility index (Phi) is 4.32. The van der Waals surface area contributed by atoms with E-state index in [0.717, 1.165) is 33.8 Å². The Balaban J connectivity index is 1.59. The van der Waals surface area contributed by atoms with Crippen LogP contribution in [-0.4, -0.2) is 14.5 Å². The number of hydrogen-bond donors (Lipinski definition) is 0. The van der Waals surface area contributed by atoms with E-state index in [0.29, 0.717) is 0 Å². The summed E-state index contributed by atoms with van der Waals surface area (Å²) < 4.78 is 3.59. The molecule has 7 rings (SSSR count). The van der Waals surface area contributed by atoms with Crippen molar-refractivity contribution in [3.8, 4) is 28.2 Å². The van der Waals surface area contributed by atoms with Crippen molar-refractivity contribution < 1.29 is 0 Å². The van der Waals surface area contributed by atoms with Gasteiger partial charge >= 0.3 is 0 Å². The van der Waals surface area contributed by atoms with Crippen molar-refractivity contribution in [2.45, 2.75) is 0 Å². The molecule has 4 heteroatoms. The Morgan fingerprint density at radius 2 is 1.24 bits per heavy atom. The summed E-state index contributed by atoms with van der Waals surface area (Å²) in [7, 11) is 0. The molecule has 0 bridgehead atoms. The Hall–Kier alpha value is -4.28. The number of fused-ring (bicyclic) bond motifs is 5. The number of pyridine rings is 2. The number of hydrogen-bond acceptors (Lipinski definition) is 3. The van der Waals surface area contributed by atoms with E-state index >= 15 is 0 Å². The molecule has 34 heavy (non-hydrogen) atoms. The fraction of sp³-hybridized carbons (Fsp3) is 0. The van der Waals surface area contributed by atoms with Crippen molar-refractivity contribution in [3.05, 3.63) is 115 Å². The molecular formula is C30H19N3S. The summed E-state index contributed by atoms with van der Waals surface area (Å²) in [6.07, 6.45) is 1.88. The van der Waals surface area contributed by atoms with Gasteiger partial charge in [0.25, 0.3) is 0 Å². The van der Waals surface area contributed by atoms with Crippen LogP contribution in [0.4, 0.5) is 0 Å². The molecule has 0 amide bonds. The monoisotopic (exact) mass is 453 g/mol. The maximum absolute atomic E-state index is 5.06. The normalized spacial score (nSPS) is 11.5. The minimum Gasteiger partial charge on any atom is -0.285 e. The molecule has 160 valence electrons. The summed E-state index contributed by atoms with van der Waals surface area (Å²) in [5.41, 5.74) is 6.13. The highest BCUT2D eigenvalue weighted by Gasteiger charge is 2.19. The highest BCUT2D eigenvalue weighted by atomic mass is 32.1. The van der Waals surface area contributed by atoms with E-state index in [4.69, 9.17) is 9.97 Å². The van der Waals surface area contributed by atoms with E-state index < -0.39 is 0 Å².